The highest BCUT2D eigenvalue weighted by Gasteiger charge is 2.32. The zero-order valence-corrected chi connectivity index (χ0v) is 21.8. The molecule has 8 nitrogen and oxygen atoms in total. The molecule has 0 aromatic heterocycles. The fourth-order valence-corrected chi connectivity index (χ4v) is 4.31. The number of benzene rings is 2. The molecule has 2 aromatic carbocycles. The van der Waals surface area contributed by atoms with Gasteiger partial charge in [0, 0.05) is 12.1 Å². The quantitative estimate of drug-likeness (QED) is 0.584. The number of amides is 2. The number of sulfonamides is 1. The number of rotatable bonds is 9. The van der Waals surface area contributed by atoms with Crippen LogP contribution in [0.3, 0.4) is 0 Å². The second-order valence-corrected chi connectivity index (χ2v) is 11.2. The minimum Gasteiger partial charge on any atom is -0.495 e. The third-order valence-electron chi connectivity index (χ3n) is 5.30. The lowest BCUT2D eigenvalue weighted by Gasteiger charge is -2.33. The highest BCUT2D eigenvalue weighted by Crippen LogP contribution is 2.29. The summed E-state index contributed by atoms with van der Waals surface area (Å²) in [6.45, 7) is 8.83. The van der Waals surface area contributed by atoms with Crippen LogP contribution in [0, 0.1) is 6.92 Å². The number of anilines is 1. The summed E-state index contributed by atoms with van der Waals surface area (Å²) in [5.41, 5.74) is 1.60. The molecule has 0 bridgehead atoms. The average Bonchev–Trinajstić information content (AvgIpc) is 2.74. The maximum Gasteiger partial charge on any atom is 0.244 e. The molecule has 0 aliphatic heterocycles. The van der Waals surface area contributed by atoms with E-state index in [2.05, 4.69) is 5.32 Å². The van der Waals surface area contributed by atoms with Crippen molar-refractivity contribution in [3.05, 3.63) is 59.7 Å². The number of carbonyl (C=O) groups is 2. The van der Waals surface area contributed by atoms with Gasteiger partial charge in [0.05, 0.1) is 19.1 Å². The van der Waals surface area contributed by atoms with E-state index in [0.29, 0.717) is 5.75 Å². The van der Waals surface area contributed by atoms with Crippen molar-refractivity contribution in [1.29, 1.82) is 0 Å². The summed E-state index contributed by atoms with van der Waals surface area (Å²) < 4.78 is 31.7. The number of aryl methyl sites for hydroxylation is 1. The number of nitrogens with one attached hydrogen (secondary N) is 1. The zero-order valence-electron chi connectivity index (χ0n) is 21.0. The van der Waals surface area contributed by atoms with Gasteiger partial charge < -0.3 is 15.0 Å². The van der Waals surface area contributed by atoms with Crippen molar-refractivity contribution in [2.45, 2.75) is 52.7 Å². The lowest BCUT2D eigenvalue weighted by molar-refractivity contribution is -0.140. The Morgan fingerprint density at radius 1 is 1.06 bits per heavy atom. The van der Waals surface area contributed by atoms with Crippen LogP contribution in [0.1, 0.15) is 38.8 Å². The average molecular weight is 490 g/mol. The van der Waals surface area contributed by atoms with Gasteiger partial charge in [-0.25, -0.2) is 8.42 Å². The minimum atomic E-state index is -3.83. The third-order valence-corrected chi connectivity index (χ3v) is 6.43. The van der Waals surface area contributed by atoms with Crippen LogP contribution in [0.15, 0.2) is 48.5 Å². The smallest absolute Gasteiger partial charge is 0.244 e. The highest BCUT2D eigenvalue weighted by molar-refractivity contribution is 7.92. The van der Waals surface area contributed by atoms with Crippen LogP contribution < -0.4 is 14.4 Å². The van der Waals surface area contributed by atoms with E-state index in [-0.39, 0.29) is 18.1 Å². The largest absolute Gasteiger partial charge is 0.495 e. The number of nitrogens with zero attached hydrogens (tertiary/aromatic N) is 2. The predicted molar refractivity (Wildman–Crippen MR) is 134 cm³/mol. The van der Waals surface area contributed by atoms with Gasteiger partial charge in [0.25, 0.3) is 0 Å². The van der Waals surface area contributed by atoms with Crippen LogP contribution in [-0.4, -0.2) is 56.6 Å². The SMILES string of the molecule is COc1ccccc1N(CC(=O)N(Cc1ccccc1C)C(C)C(=O)NC(C)(C)C)S(C)(=O)=O. The Hall–Kier alpha value is -3.07. The van der Waals surface area contributed by atoms with Crippen LogP contribution >= 0.6 is 0 Å². The van der Waals surface area contributed by atoms with Crippen molar-refractivity contribution in [3.8, 4) is 5.75 Å². The first-order valence-electron chi connectivity index (χ1n) is 11.0. The molecule has 2 rings (SSSR count). The van der Waals surface area contributed by atoms with Crippen LogP contribution in [0.25, 0.3) is 0 Å². The summed E-state index contributed by atoms with van der Waals surface area (Å²) in [6.07, 6.45) is 1.04. The Labute approximate surface area is 202 Å². The van der Waals surface area contributed by atoms with E-state index < -0.39 is 34.1 Å². The van der Waals surface area contributed by atoms with Crippen molar-refractivity contribution >= 4 is 27.5 Å². The van der Waals surface area contributed by atoms with Gasteiger partial charge in [0.2, 0.25) is 21.8 Å². The Morgan fingerprint density at radius 2 is 1.65 bits per heavy atom. The molecular formula is C25H35N3O5S. The zero-order chi connectivity index (χ0) is 25.7. The topological polar surface area (TPSA) is 96.0 Å². The standard InChI is InChI=1S/C25H35N3O5S/c1-18-12-8-9-13-20(18)16-27(19(2)24(30)26-25(3,4)5)23(29)17-28(34(7,31)32)21-14-10-11-15-22(21)33-6/h8-15,19H,16-17H2,1-7H3,(H,26,30). The maximum absolute atomic E-state index is 13.6. The van der Waals surface area contributed by atoms with Crippen molar-refractivity contribution in [2.24, 2.45) is 0 Å². The summed E-state index contributed by atoms with van der Waals surface area (Å²) in [5, 5.41) is 2.90. The molecule has 1 unspecified atom stereocenters. The first-order valence-corrected chi connectivity index (χ1v) is 12.9. The Bertz CT molecular complexity index is 1130. The number of ether oxygens (including phenoxy) is 1. The van der Waals surface area contributed by atoms with Gasteiger partial charge in [-0.15, -0.1) is 0 Å². The van der Waals surface area contributed by atoms with Crippen molar-refractivity contribution in [2.75, 3.05) is 24.2 Å². The number of carbonyl (C=O) groups excluding carboxylic acids is 2. The van der Waals surface area contributed by atoms with E-state index >= 15 is 0 Å². The third kappa shape index (κ3) is 7.21. The van der Waals surface area contributed by atoms with Gasteiger partial charge in [0.1, 0.15) is 18.3 Å². The normalized spacial score (nSPS) is 12.6. The molecule has 2 aromatic rings. The number of methoxy groups -OCH3 is 1. The van der Waals surface area contributed by atoms with E-state index in [9.17, 15) is 18.0 Å². The number of hydrogen-bond donors (Lipinski definition) is 1. The molecule has 0 fully saturated rings. The molecule has 0 radical (unpaired) electrons. The predicted octanol–water partition coefficient (Wildman–Crippen LogP) is 3.10. The van der Waals surface area contributed by atoms with Crippen molar-refractivity contribution < 1.29 is 22.7 Å². The summed E-state index contributed by atoms with van der Waals surface area (Å²) in [4.78, 5) is 28.0. The lowest BCUT2D eigenvalue weighted by atomic mass is 10.1. The van der Waals surface area contributed by atoms with Crippen LogP contribution in [0.5, 0.6) is 5.75 Å². The van der Waals surface area contributed by atoms with Crippen molar-refractivity contribution in [3.63, 3.8) is 0 Å². The van der Waals surface area contributed by atoms with E-state index in [4.69, 9.17) is 4.74 Å². The molecule has 0 saturated heterocycles. The van der Waals surface area contributed by atoms with Gasteiger partial charge in [-0.2, -0.15) is 0 Å². The van der Waals surface area contributed by atoms with Gasteiger partial charge >= 0.3 is 0 Å². The Morgan fingerprint density at radius 3 is 2.21 bits per heavy atom. The molecule has 0 aliphatic carbocycles. The Balaban J connectivity index is 2.46. The first-order chi connectivity index (χ1) is 15.7. The summed E-state index contributed by atoms with van der Waals surface area (Å²) in [5.74, 6) is -0.501. The molecule has 9 heteroatoms. The minimum absolute atomic E-state index is 0.160. The number of para-hydroxylation sites is 2. The van der Waals surface area contributed by atoms with Crippen LogP contribution in [0.4, 0.5) is 5.69 Å². The van der Waals surface area contributed by atoms with Gasteiger partial charge in [-0.3, -0.25) is 13.9 Å². The molecule has 0 heterocycles. The fourth-order valence-electron chi connectivity index (χ4n) is 3.46. The molecule has 0 spiro atoms. The second kappa shape index (κ2) is 10.9. The molecule has 1 atom stereocenters. The van der Waals surface area contributed by atoms with Crippen LogP contribution in [-0.2, 0) is 26.2 Å². The molecule has 2 amide bonds. The second-order valence-electron chi connectivity index (χ2n) is 9.30. The first kappa shape index (κ1) is 27.2. The molecule has 0 aliphatic rings. The van der Waals surface area contributed by atoms with Crippen molar-refractivity contribution in [1.82, 2.24) is 10.2 Å². The maximum atomic E-state index is 13.6. The monoisotopic (exact) mass is 489 g/mol. The van der Waals surface area contributed by atoms with Gasteiger partial charge in [0.15, 0.2) is 0 Å². The summed E-state index contributed by atoms with van der Waals surface area (Å²) in [7, 11) is -2.39. The highest BCUT2D eigenvalue weighted by atomic mass is 32.2. The molecule has 0 saturated carbocycles. The molecule has 186 valence electrons. The van der Waals surface area contributed by atoms with E-state index in [0.717, 1.165) is 21.7 Å². The Kier molecular flexibility index (Phi) is 8.72. The fraction of sp³-hybridized carbons (Fsp3) is 0.440. The van der Waals surface area contributed by atoms with E-state index in [1.807, 2.05) is 52.0 Å². The van der Waals surface area contributed by atoms with E-state index in [1.165, 1.54) is 12.0 Å². The molecule has 1 N–H and O–H groups in total. The molecular weight excluding hydrogens is 454 g/mol. The summed E-state index contributed by atoms with van der Waals surface area (Å²) >= 11 is 0. The number of hydrogen-bond acceptors (Lipinski definition) is 5. The van der Waals surface area contributed by atoms with E-state index in [1.54, 1.807) is 31.2 Å². The lowest BCUT2D eigenvalue weighted by Crippen LogP contribution is -2.54. The van der Waals surface area contributed by atoms with Gasteiger partial charge in [-0.1, -0.05) is 36.4 Å². The summed E-state index contributed by atoms with van der Waals surface area (Å²) in [6, 6.07) is 13.3. The molecule has 34 heavy (non-hydrogen) atoms. The van der Waals surface area contributed by atoms with Crippen LogP contribution in [0.2, 0.25) is 0 Å². The van der Waals surface area contributed by atoms with Gasteiger partial charge in [-0.05, 0) is 57.9 Å².